The highest BCUT2D eigenvalue weighted by molar-refractivity contribution is 7.07. The number of hydrogen-bond acceptors (Lipinski definition) is 5. The van der Waals surface area contributed by atoms with Gasteiger partial charge in [0.05, 0.1) is 36.2 Å². The second-order valence-electron chi connectivity index (χ2n) is 12.0. The highest BCUT2D eigenvalue weighted by Crippen LogP contribution is 2.43. The Morgan fingerprint density at radius 1 is 0.913 bits per heavy atom. The lowest BCUT2D eigenvalue weighted by molar-refractivity contribution is 0.354. The summed E-state index contributed by atoms with van der Waals surface area (Å²) >= 11 is 1.45. The molecular formula is C39H33N3O3S. The van der Waals surface area contributed by atoms with Gasteiger partial charge in [0.25, 0.3) is 5.56 Å². The van der Waals surface area contributed by atoms with Gasteiger partial charge in [0.2, 0.25) is 0 Å². The van der Waals surface area contributed by atoms with Gasteiger partial charge in [0.15, 0.2) is 16.3 Å². The maximum absolute atomic E-state index is 14.6. The third kappa shape index (κ3) is 4.45. The zero-order valence-corrected chi connectivity index (χ0v) is 27.0. The number of H-pyrrole nitrogens is 1. The average Bonchev–Trinajstić information content (AvgIpc) is 3.60. The van der Waals surface area contributed by atoms with Crippen LogP contribution in [0.2, 0.25) is 0 Å². The number of benzene rings is 4. The van der Waals surface area contributed by atoms with E-state index in [-0.39, 0.29) is 11.6 Å². The lowest BCUT2D eigenvalue weighted by Crippen LogP contribution is -2.38. The van der Waals surface area contributed by atoms with Gasteiger partial charge in [-0.2, -0.15) is 0 Å². The van der Waals surface area contributed by atoms with E-state index in [9.17, 15) is 4.79 Å². The first-order valence-corrected chi connectivity index (χ1v) is 16.3. The first-order chi connectivity index (χ1) is 22.4. The molecule has 4 aromatic carbocycles. The van der Waals surface area contributed by atoms with Crippen molar-refractivity contribution in [3.63, 3.8) is 0 Å². The summed E-state index contributed by atoms with van der Waals surface area (Å²) in [6.07, 6.45) is 3.78. The minimum absolute atomic E-state index is 0.0494. The monoisotopic (exact) mass is 623 g/mol. The van der Waals surface area contributed by atoms with Crippen molar-refractivity contribution in [2.75, 3.05) is 14.2 Å². The van der Waals surface area contributed by atoms with Gasteiger partial charge in [-0.05, 0) is 78.8 Å². The van der Waals surface area contributed by atoms with E-state index in [0.29, 0.717) is 20.8 Å². The molecule has 3 heterocycles. The van der Waals surface area contributed by atoms with Gasteiger partial charge in [-0.1, -0.05) is 83.6 Å². The summed E-state index contributed by atoms with van der Waals surface area (Å²) in [4.78, 5) is 24.2. The number of nitrogens with zero attached hydrogens (tertiary/aromatic N) is 2. The van der Waals surface area contributed by atoms with Crippen molar-refractivity contribution in [3.05, 3.63) is 144 Å². The molecule has 46 heavy (non-hydrogen) atoms. The van der Waals surface area contributed by atoms with Crippen molar-refractivity contribution in [1.82, 2.24) is 9.55 Å². The molecule has 0 fully saturated rings. The van der Waals surface area contributed by atoms with Gasteiger partial charge in [0.1, 0.15) is 0 Å². The third-order valence-electron chi connectivity index (χ3n) is 9.22. The summed E-state index contributed by atoms with van der Waals surface area (Å²) in [6, 6.07) is 28.8. The zero-order chi connectivity index (χ0) is 31.5. The number of methoxy groups -OCH3 is 2. The molecule has 0 spiro atoms. The topological polar surface area (TPSA) is 68.6 Å². The van der Waals surface area contributed by atoms with Gasteiger partial charge >= 0.3 is 0 Å². The molecule has 2 aliphatic rings. The normalized spacial score (nSPS) is 15.7. The van der Waals surface area contributed by atoms with Crippen LogP contribution in [0.3, 0.4) is 0 Å². The SMILES string of the molecule is COc1ccc([C@@H]2C3=C(N=c4s/c(=C/c5c(-c6ccccc6)[nH]c6c(C)cc(C)cc56)c(=O)n42)c2ccccc2CC3)cc1OC. The number of aromatic amines is 1. The van der Waals surface area contributed by atoms with Crippen LogP contribution in [0.25, 0.3) is 33.9 Å². The molecule has 0 saturated carbocycles. The summed E-state index contributed by atoms with van der Waals surface area (Å²) in [5, 5.41) is 1.10. The first kappa shape index (κ1) is 28.3. The van der Waals surface area contributed by atoms with Gasteiger partial charge < -0.3 is 14.5 Å². The van der Waals surface area contributed by atoms with Crippen LogP contribution >= 0.6 is 11.3 Å². The fourth-order valence-corrected chi connectivity index (χ4v) is 8.11. The standard InChI is InChI=1S/C39H33N3O3S/c1-22-18-23(2)34-29(19-22)30(35(40-34)25-11-6-5-7-12-25)21-33-38(43)42-37(26-15-17-31(44-3)32(20-26)45-4)28-16-14-24-10-8-9-13-27(24)36(28)41-39(42)46-33/h5-13,15,17-21,37,40H,14,16H2,1-4H3/b33-21+/t37-/m1/s1. The molecular weight excluding hydrogens is 591 g/mol. The Labute approximate surface area is 270 Å². The molecule has 0 saturated heterocycles. The van der Waals surface area contributed by atoms with Crippen LogP contribution in [-0.2, 0) is 6.42 Å². The number of rotatable bonds is 5. The molecule has 228 valence electrons. The Morgan fingerprint density at radius 2 is 1.70 bits per heavy atom. The fraction of sp³-hybridized carbons (Fsp3) is 0.179. The Morgan fingerprint density at radius 3 is 2.50 bits per heavy atom. The number of aromatic nitrogens is 2. The summed E-state index contributed by atoms with van der Waals surface area (Å²) in [5.74, 6) is 1.29. The van der Waals surface area contributed by atoms with E-state index in [1.165, 1.54) is 28.0 Å². The van der Waals surface area contributed by atoms with E-state index >= 15 is 0 Å². The summed E-state index contributed by atoms with van der Waals surface area (Å²) in [5.41, 5.74) is 12.0. The van der Waals surface area contributed by atoms with Gasteiger partial charge in [-0.15, -0.1) is 0 Å². The molecule has 0 radical (unpaired) electrons. The van der Waals surface area contributed by atoms with Crippen LogP contribution in [0.4, 0.5) is 0 Å². The zero-order valence-electron chi connectivity index (χ0n) is 26.2. The molecule has 2 aromatic heterocycles. The van der Waals surface area contributed by atoms with Crippen molar-refractivity contribution in [2.45, 2.75) is 32.7 Å². The number of allylic oxidation sites excluding steroid dienone is 1. The first-order valence-electron chi connectivity index (χ1n) is 15.5. The molecule has 1 N–H and O–H groups in total. The Kier molecular flexibility index (Phi) is 6.80. The molecule has 1 aliphatic carbocycles. The predicted octanol–water partition coefficient (Wildman–Crippen LogP) is 7.10. The molecule has 8 rings (SSSR count). The molecule has 0 amide bonds. The fourth-order valence-electron chi connectivity index (χ4n) is 7.13. The van der Waals surface area contributed by atoms with E-state index in [1.54, 1.807) is 14.2 Å². The number of hydrogen-bond donors (Lipinski definition) is 1. The van der Waals surface area contributed by atoms with Gasteiger partial charge in [-0.3, -0.25) is 9.36 Å². The average molecular weight is 624 g/mol. The van der Waals surface area contributed by atoms with Crippen molar-refractivity contribution >= 4 is 34.0 Å². The lowest BCUT2D eigenvalue weighted by atomic mass is 9.83. The quantitative estimate of drug-likeness (QED) is 0.223. The van der Waals surface area contributed by atoms with E-state index in [2.05, 4.69) is 73.4 Å². The maximum atomic E-state index is 14.6. The number of fused-ring (bicyclic) bond motifs is 4. The van der Waals surface area contributed by atoms with Crippen LogP contribution in [0.5, 0.6) is 11.5 Å². The van der Waals surface area contributed by atoms with Crippen LogP contribution in [-0.4, -0.2) is 23.8 Å². The summed E-state index contributed by atoms with van der Waals surface area (Å²) in [7, 11) is 3.28. The van der Waals surface area contributed by atoms with Crippen LogP contribution < -0.4 is 24.4 Å². The minimum Gasteiger partial charge on any atom is -0.493 e. The van der Waals surface area contributed by atoms with Crippen LogP contribution in [0.1, 0.15) is 45.8 Å². The minimum atomic E-state index is -0.317. The second-order valence-corrected chi connectivity index (χ2v) is 13.0. The van der Waals surface area contributed by atoms with Crippen molar-refractivity contribution in [1.29, 1.82) is 0 Å². The smallest absolute Gasteiger partial charge is 0.271 e. The van der Waals surface area contributed by atoms with E-state index in [1.807, 2.05) is 41.0 Å². The molecule has 6 aromatic rings. The van der Waals surface area contributed by atoms with Crippen LogP contribution in [0.15, 0.2) is 100 Å². The lowest BCUT2D eigenvalue weighted by Gasteiger charge is -2.31. The van der Waals surface area contributed by atoms with Gasteiger partial charge in [0, 0.05) is 22.0 Å². The highest BCUT2D eigenvalue weighted by atomic mass is 32.1. The van der Waals surface area contributed by atoms with Crippen molar-refractivity contribution < 1.29 is 9.47 Å². The number of thiazole rings is 1. The third-order valence-corrected chi connectivity index (χ3v) is 10.2. The second kappa shape index (κ2) is 11.0. The molecule has 0 bridgehead atoms. The van der Waals surface area contributed by atoms with E-state index < -0.39 is 0 Å². The molecule has 0 unspecified atom stereocenters. The molecule has 1 atom stereocenters. The van der Waals surface area contributed by atoms with E-state index in [0.717, 1.165) is 63.0 Å². The number of nitrogens with one attached hydrogen (secondary N) is 1. The Bertz CT molecular complexity index is 2400. The van der Waals surface area contributed by atoms with Crippen LogP contribution in [0, 0.1) is 13.8 Å². The van der Waals surface area contributed by atoms with Crippen molar-refractivity contribution in [2.24, 2.45) is 4.99 Å². The summed E-state index contributed by atoms with van der Waals surface area (Å²) in [6.45, 7) is 4.24. The Hall–Kier alpha value is -5.14. The van der Waals surface area contributed by atoms with Crippen molar-refractivity contribution in [3.8, 4) is 22.8 Å². The molecule has 6 nitrogen and oxygen atoms in total. The Balaban J connectivity index is 1.41. The number of aryl methyl sites for hydroxylation is 3. The molecule has 7 heteroatoms. The summed E-state index contributed by atoms with van der Waals surface area (Å²) < 4.78 is 13.8. The largest absolute Gasteiger partial charge is 0.493 e. The van der Waals surface area contributed by atoms with E-state index in [4.69, 9.17) is 14.5 Å². The highest BCUT2D eigenvalue weighted by Gasteiger charge is 2.33. The maximum Gasteiger partial charge on any atom is 0.271 e. The number of ether oxygens (including phenoxy) is 2. The van der Waals surface area contributed by atoms with Gasteiger partial charge in [-0.25, -0.2) is 4.99 Å². The molecule has 1 aliphatic heterocycles. The predicted molar refractivity (Wildman–Crippen MR) is 186 cm³/mol.